The standard InChI is InChI=1S/C15H29N3OS.CH2O2/c1-15(4-6-16(2)7-5-15)14(19)18-10-8-17(9-11-18)12-13-20-3;2-1-3/h4-13H2,1-3H3;1H,(H,2,3). The molecule has 134 valence electrons. The lowest BCUT2D eigenvalue weighted by molar-refractivity contribution is -0.145. The summed E-state index contributed by atoms with van der Waals surface area (Å²) in [5.41, 5.74) is -0.117. The smallest absolute Gasteiger partial charge is 0.290 e. The van der Waals surface area contributed by atoms with Gasteiger partial charge in [-0.1, -0.05) is 6.92 Å². The molecule has 2 heterocycles. The number of carboxylic acid groups (broad SMARTS) is 1. The van der Waals surface area contributed by atoms with Gasteiger partial charge in [-0.15, -0.1) is 0 Å². The fraction of sp³-hybridized carbons (Fsp3) is 0.875. The summed E-state index contributed by atoms with van der Waals surface area (Å²) >= 11 is 1.90. The molecule has 0 radical (unpaired) electrons. The van der Waals surface area contributed by atoms with E-state index in [1.54, 1.807) is 0 Å². The van der Waals surface area contributed by atoms with Gasteiger partial charge in [0, 0.05) is 43.9 Å². The summed E-state index contributed by atoms with van der Waals surface area (Å²) in [7, 11) is 2.15. The molecule has 23 heavy (non-hydrogen) atoms. The van der Waals surface area contributed by atoms with Crippen LogP contribution in [0.2, 0.25) is 0 Å². The Hall–Kier alpha value is -0.790. The second-order valence-corrected chi connectivity index (χ2v) is 7.58. The maximum absolute atomic E-state index is 12.8. The average Bonchev–Trinajstić information content (AvgIpc) is 2.56. The van der Waals surface area contributed by atoms with Crippen molar-refractivity contribution in [2.24, 2.45) is 5.41 Å². The van der Waals surface area contributed by atoms with Gasteiger partial charge in [-0.25, -0.2) is 0 Å². The molecule has 0 aromatic rings. The Bertz CT molecular complexity index is 366. The highest BCUT2D eigenvalue weighted by Crippen LogP contribution is 2.32. The largest absolute Gasteiger partial charge is 0.483 e. The van der Waals surface area contributed by atoms with E-state index in [0.717, 1.165) is 58.7 Å². The van der Waals surface area contributed by atoms with Crippen molar-refractivity contribution in [1.29, 1.82) is 0 Å². The highest BCUT2D eigenvalue weighted by molar-refractivity contribution is 7.98. The molecule has 0 atom stereocenters. The number of carbonyl (C=O) groups excluding carboxylic acids is 1. The molecule has 0 aliphatic carbocycles. The molecule has 0 unspecified atom stereocenters. The van der Waals surface area contributed by atoms with E-state index in [2.05, 4.69) is 34.9 Å². The van der Waals surface area contributed by atoms with E-state index in [4.69, 9.17) is 9.90 Å². The van der Waals surface area contributed by atoms with Crippen molar-refractivity contribution in [1.82, 2.24) is 14.7 Å². The molecule has 0 bridgehead atoms. The summed E-state index contributed by atoms with van der Waals surface area (Å²) in [6.45, 7) is 9.10. The zero-order valence-corrected chi connectivity index (χ0v) is 15.5. The van der Waals surface area contributed by atoms with Crippen molar-refractivity contribution in [3.63, 3.8) is 0 Å². The monoisotopic (exact) mass is 345 g/mol. The van der Waals surface area contributed by atoms with Gasteiger partial charge < -0.3 is 14.9 Å². The molecular weight excluding hydrogens is 314 g/mol. The molecule has 2 saturated heterocycles. The Morgan fingerprint density at radius 2 is 1.70 bits per heavy atom. The van der Waals surface area contributed by atoms with Crippen molar-refractivity contribution in [2.75, 3.05) is 64.9 Å². The average molecular weight is 346 g/mol. The number of thioether (sulfide) groups is 1. The lowest BCUT2D eigenvalue weighted by atomic mass is 9.79. The molecule has 1 N–H and O–H groups in total. The Kier molecular flexibility index (Phi) is 8.94. The van der Waals surface area contributed by atoms with Crippen LogP contribution in [0.1, 0.15) is 19.8 Å². The number of amides is 1. The predicted octanol–water partition coefficient (Wildman–Crippen LogP) is 0.926. The van der Waals surface area contributed by atoms with Crippen LogP contribution in [0.15, 0.2) is 0 Å². The Morgan fingerprint density at radius 1 is 1.17 bits per heavy atom. The number of hydrogen-bond acceptors (Lipinski definition) is 5. The number of nitrogens with zero attached hydrogens (tertiary/aromatic N) is 3. The van der Waals surface area contributed by atoms with Crippen LogP contribution in [0, 0.1) is 5.41 Å². The maximum Gasteiger partial charge on any atom is 0.290 e. The summed E-state index contributed by atoms with van der Waals surface area (Å²) in [5.74, 6) is 1.59. The van der Waals surface area contributed by atoms with Gasteiger partial charge in [-0.05, 0) is 39.2 Å². The molecule has 0 saturated carbocycles. The van der Waals surface area contributed by atoms with Crippen LogP contribution < -0.4 is 0 Å². The fourth-order valence-electron chi connectivity index (χ4n) is 3.10. The highest BCUT2D eigenvalue weighted by Gasteiger charge is 2.39. The molecule has 1 amide bonds. The number of likely N-dealkylation sites (tertiary alicyclic amines) is 1. The molecule has 7 heteroatoms. The Balaban J connectivity index is 0.000000816. The van der Waals surface area contributed by atoms with Gasteiger partial charge in [0.1, 0.15) is 0 Å². The van der Waals surface area contributed by atoms with Gasteiger partial charge in [-0.3, -0.25) is 14.5 Å². The first-order chi connectivity index (χ1) is 11.0. The summed E-state index contributed by atoms with van der Waals surface area (Å²) in [6.07, 6.45) is 4.17. The van der Waals surface area contributed by atoms with Crippen molar-refractivity contribution in [3.8, 4) is 0 Å². The van der Waals surface area contributed by atoms with Crippen molar-refractivity contribution < 1.29 is 14.7 Å². The first-order valence-electron chi connectivity index (χ1n) is 8.24. The number of hydrogen-bond donors (Lipinski definition) is 1. The van der Waals surface area contributed by atoms with Gasteiger partial charge in [0.15, 0.2) is 0 Å². The Morgan fingerprint density at radius 3 is 2.17 bits per heavy atom. The summed E-state index contributed by atoms with van der Waals surface area (Å²) < 4.78 is 0. The third-order valence-corrected chi connectivity index (χ3v) is 5.47. The van der Waals surface area contributed by atoms with E-state index in [-0.39, 0.29) is 11.9 Å². The van der Waals surface area contributed by atoms with Crippen LogP contribution in [0.5, 0.6) is 0 Å². The Labute approximate surface area is 144 Å². The van der Waals surface area contributed by atoms with Crippen LogP contribution in [0.4, 0.5) is 0 Å². The normalized spacial score (nSPS) is 22.1. The SMILES string of the molecule is CSCCN1CCN(C(=O)C2(C)CCN(C)CC2)CC1.O=CO. The quantitative estimate of drug-likeness (QED) is 0.765. The number of carbonyl (C=O) groups is 2. The maximum atomic E-state index is 12.8. The zero-order chi connectivity index (χ0) is 17.3. The molecule has 0 spiro atoms. The van der Waals surface area contributed by atoms with Gasteiger partial charge in [0.25, 0.3) is 6.47 Å². The van der Waals surface area contributed by atoms with Crippen molar-refractivity contribution in [2.45, 2.75) is 19.8 Å². The minimum atomic E-state index is -0.250. The molecule has 2 rings (SSSR count). The van der Waals surface area contributed by atoms with Crippen LogP contribution in [0.3, 0.4) is 0 Å². The molecule has 2 aliphatic rings. The van der Waals surface area contributed by atoms with Gasteiger partial charge in [-0.2, -0.15) is 11.8 Å². The molecular formula is C16H31N3O3S. The van der Waals surface area contributed by atoms with E-state index in [1.165, 1.54) is 5.75 Å². The second kappa shape index (κ2) is 10.2. The summed E-state index contributed by atoms with van der Waals surface area (Å²) in [4.78, 5) is 28.1. The van der Waals surface area contributed by atoms with Gasteiger partial charge in [0.05, 0.1) is 0 Å². The summed E-state index contributed by atoms with van der Waals surface area (Å²) in [6, 6.07) is 0. The van der Waals surface area contributed by atoms with Gasteiger partial charge in [0.2, 0.25) is 5.91 Å². The highest BCUT2D eigenvalue weighted by atomic mass is 32.2. The van der Waals surface area contributed by atoms with E-state index in [9.17, 15) is 4.79 Å². The minimum absolute atomic E-state index is 0.117. The lowest BCUT2D eigenvalue weighted by Gasteiger charge is -2.42. The van der Waals surface area contributed by atoms with E-state index >= 15 is 0 Å². The van der Waals surface area contributed by atoms with Crippen LogP contribution in [-0.2, 0) is 9.59 Å². The van der Waals surface area contributed by atoms with E-state index < -0.39 is 0 Å². The molecule has 0 aromatic carbocycles. The molecule has 0 aromatic heterocycles. The number of piperazine rings is 1. The van der Waals surface area contributed by atoms with Crippen LogP contribution in [-0.4, -0.2) is 97.1 Å². The van der Waals surface area contributed by atoms with Gasteiger partial charge >= 0.3 is 0 Å². The number of piperidine rings is 1. The molecule has 2 aliphatic heterocycles. The van der Waals surface area contributed by atoms with Crippen molar-refractivity contribution in [3.05, 3.63) is 0 Å². The molecule has 6 nitrogen and oxygen atoms in total. The van der Waals surface area contributed by atoms with Crippen LogP contribution >= 0.6 is 11.8 Å². The first-order valence-corrected chi connectivity index (χ1v) is 9.63. The zero-order valence-electron chi connectivity index (χ0n) is 14.7. The predicted molar refractivity (Wildman–Crippen MR) is 94.9 cm³/mol. The summed E-state index contributed by atoms with van der Waals surface area (Å²) in [5, 5.41) is 6.89. The minimum Gasteiger partial charge on any atom is -0.483 e. The third kappa shape index (κ3) is 6.31. The third-order valence-electron chi connectivity index (χ3n) is 4.88. The first kappa shape index (κ1) is 20.3. The molecule has 2 fully saturated rings. The lowest BCUT2D eigenvalue weighted by Crippen LogP contribution is -2.54. The topological polar surface area (TPSA) is 64.1 Å². The number of rotatable bonds is 4. The fourth-order valence-corrected chi connectivity index (χ4v) is 3.54. The van der Waals surface area contributed by atoms with E-state index in [1.807, 2.05) is 11.8 Å². The second-order valence-electron chi connectivity index (χ2n) is 6.60. The van der Waals surface area contributed by atoms with Crippen LogP contribution in [0.25, 0.3) is 0 Å². The van der Waals surface area contributed by atoms with Crippen molar-refractivity contribution >= 4 is 24.1 Å². The van der Waals surface area contributed by atoms with E-state index in [0.29, 0.717) is 5.91 Å².